The maximum Gasteiger partial charge on any atom is 0.384 e. The molecule has 1 fully saturated rings. The van der Waals surface area contributed by atoms with Gasteiger partial charge in [-0.15, -0.1) is 0 Å². The summed E-state index contributed by atoms with van der Waals surface area (Å²) in [6.45, 7) is 1.50. The highest BCUT2D eigenvalue weighted by Crippen LogP contribution is 2.48. The highest BCUT2D eigenvalue weighted by Gasteiger charge is 2.43. The number of methoxy groups -OCH3 is 2. The van der Waals surface area contributed by atoms with Gasteiger partial charge in [-0.3, -0.25) is 4.52 Å². The van der Waals surface area contributed by atoms with Crippen LogP contribution in [0.25, 0.3) is 0 Å². The second-order valence-electron chi connectivity index (χ2n) is 9.96. The number of rotatable bonds is 12. The van der Waals surface area contributed by atoms with Crippen molar-refractivity contribution in [1.82, 2.24) is 0 Å². The van der Waals surface area contributed by atoms with Crippen LogP contribution in [0.15, 0.2) is 78.9 Å². The molecule has 0 bridgehead atoms. The maximum atomic E-state index is 13.2. The van der Waals surface area contributed by atoms with Crippen LogP contribution >= 0.6 is 19.2 Å². The zero-order valence-corrected chi connectivity index (χ0v) is 26.7. The molecule has 4 atom stereocenters. The van der Waals surface area contributed by atoms with Crippen molar-refractivity contribution in [3.05, 3.63) is 95.6 Å². The number of ether oxygens (including phenoxy) is 4. The van der Waals surface area contributed by atoms with Crippen LogP contribution in [-0.4, -0.2) is 60.6 Å². The van der Waals surface area contributed by atoms with Crippen LogP contribution < -0.4 is 9.47 Å². The van der Waals surface area contributed by atoms with Crippen LogP contribution in [0.3, 0.4) is 0 Å². The fourth-order valence-corrected chi connectivity index (χ4v) is 6.10. The summed E-state index contributed by atoms with van der Waals surface area (Å²) < 4.78 is 48.7. The Balaban J connectivity index is 1.69. The zero-order chi connectivity index (χ0) is 31.4. The van der Waals surface area contributed by atoms with E-state index in [1.54, 1.807) is 14.2 Å². The summed E-state index contributed by atoms with van der Waals surface area (Å²) in [4.78, 5) is 0. The molecule has 44 heavy (non-hydrogen) atoms. The third-order valence-corrected chi connectivity index (χ3v) is 8.37. The molecule has 3 aromatic carbocycles. The monoisotopic (exact) mass is 628 g/mol. The van der Waals surface area contributed by atoms with Gasteiger partial charge in [0.15, 0.2) is 0 Å². The molecule has 11 heteroatoms. The molecule has 0 aliphatic carbocycles. The SMILES string of the molecule is BB[C@H]1CC(OP(C)(=O)OC#CC#CC#CCl)[C@@H](COC(c2ccccc2)(c2ccc(OC)cc2)c2ccc(OC)cc2)O1. The van der Waals surface area contributed by atoms with E-state index < -0.39 is 25.4 Å². The Kier molecular flexibility index (Phi) is 11.9. The standard InChI is InChI=1S/C33H32B2ClO7P/c1-38-28-17-13-26(14-18-28)33(25-11-7-6-8-12-25,27-15-19-29(39-2)20-16-27)40-24-31-30(23-32(35-34)42-31)43-44(3,37)41-22-10-5-4-9-21-36/h6-8,11-20,30-32,35H,23-24,34H2,1-3H3/t30?,31-,32-,44?/m1/s1. The van der Waals surface area contributed by atoms with Crippen molar-refractivity contribution in [1.29, 1.82) is 0 Å². The van der Waals surface area contributed by atoms with Crippen LogP contribution in [0, 0.1) is 35.2 Å². The van der Waals surface area contributed by atoms with Gasteiger partial charge in [0.2, 0.25) is 0 Å². The topological polar surface area (TPSA) is 72.5 Å². The van der Waals surface area contributed by atoms with E-state index in [0.717, 1.165) is 35.4 Å². The van der Waals surface area contributed by atoms with E-state index in [4.69, 9.17) is 39.6 Å². The van der Waals surface area contributed by atoms with Gasteiger partial charge in [0.1, 0.15) is 36.5 Å². The fraction of sp³-hybridized carbons (Fsp3) is 0.273. The van der Waals surface area contributed by atoms with Crippen molar-refractivity contribution in [2.24, 2.45) is 0 Å². The average molecular weight is 629 g/mol. The Morgan fingerprint density at radius 2 is 1.48 bits per heavy atom. The highest BCUT2D eigenvalue weighted by atomic mass is 35.5. The molecule has 1 aliphatic heterocycles. The van der Waals surface area contributed by atoms with Gasteiger partial charge >= 0.3 is 7.60 Å². The van der Waals surface area contributed by atoms with Gasteiger partial charge in [0.05, 0.1) is 41.3 Å². The molecule has 3 aromatic rings. The van der Waals surface area contributed by atoms with Crippen molar-refractivity contribution >= 4 is 34.1 Å². The largest absolute Gasteiger partial charge is 0.497 e. The van der Waals surface area contributed by atoms with E-state index in [1.807, 2.05) is 86.6 Å². The van der Waals surface area contributed by atoms with Crippen molar-refractivity contribution in [3.8, 4) is 46.7 Å². The number of halogens is 1. The Morgan fingerprint density at radius 1 is 0.909 bits per heavy atom. The van der Waals surface area contributed by atoms with Gasteiger partial charge in [-0.25, -0.2) is 4.57 Å². The molecule has 7 nitrogen and oxygen atoms in total. The molecule has 0 spiro atoms. The summed E-state index contributed by atoms with van der Waals surface area (Å²) in [7, 11) is 2.45. The molecule has 224 valence electrons. The summed E-state index contributed by atoms with van der Waals surface area (Å²) in [6, 6.07) is 25.4. The molecule has 1 heterocycles. The van der Waals surface area contributed by atoms with Crippen LogP contribution in [0.5, 0.6) is 11.5 Å². The lowest BCUT2D eigenvalue weighted by atomic mass is 9.51. The average Bonchev–Trinajstić information content (AvgIpc) is 3.44. The quantitative estimate of drug-likeness (QED) is 0.127. The predicted molar refractivity (Wildman–Crippen MR) is 176 cm³/mol. The maximum absolute atomic E-state index is 13.2. The van der Waals surface area contributed by atoms with Crippen LogP contribution in [-0.2, 0) is 28.7 Å². The second-order valence-corrected chi connectivity index (χ2v) is 12.1. The van der Waals surface area contributed by atoms with E-state index in [9.17, 15) is 4.57 Å². The molecule has 0 radical (unpaired) electrons. The molecular weight excluding hydrogens is 596 g/mol. The third kappa shape index (κ3) is 8.25. The first-order valence-electron chi connectivity index (χ1n) is 14.0. The Bertz CT molecular complexity index is 1570. The van der Waals surface area contributed by atoms with Gasteiger partial charge in [-0.2, -0.15) is 0 Å². The van der Waals surface area contributed by atoms with Crippen molar-refractivity contribution in [2.45, 2.75) is 30.2 Å². The Morgan fingerprint density at radius 3 is 2.02 bits per heavy atom. The van der Waals surface area contributed by atoms with Crippen molar-refractivity contribution in [3.63, 3.8) is 0 Å². The first-order valence-corrected chi connectivity index (χ1v) is 16.4. The lowest BCUT2D eigenvalue weighted by Crippen LogP contribution is -2.38. The summed E-state index contributed by atoms with van der Waals surface area (Å²) >= 11 is 5.26. The molecule has 1 aliphatic rings. The molecule has 0 aromatic heterocycles. The van der Waals surface area contributed by atoms with Gasteiger partial charge < -0.3 is 23.5 Å². The van der Waals surface area contributed by atoms with E-state index in [2.05, 4.69) is 35.2 Å². The van der Waals surface area contributed by atoms with E-state index in [-0.39, 0.29) is 12.6 Å². The first kappa shape index (κ1) is 33.2. The minimum absolute atomic E-state index is 0.104. The first-order chi connectivity index (χ1) is 21.3. The van der Waals surface area contributed by atoms with E-state index >= 15 is 0 Å². The smallest absolute Gasteiger partial charge is 0.384 e. The second kappa shape index (κ2) is 15.8. The fourth-order valence-electron chi connectivity index (χ4n) is 5.09. The van der Waals surface area contributed by atoms with Crippen molar-refractivity contribution < 1.29 is 32.6 Å². The summed E-state index contributed by atoms with van der Waals surface area (Å²) in [5.41, 5.74) is 1.65. The predicted octanol–water partition coefficient (Wildman–Crippen LogP) is 4.50. The van der Waals surface area contributed by atoms with E-state index in [0.29, 0.717) is 6.42 Å². The third-order valence-electron chi connectivity index (χ3n) is 7.19. The van der Waals surface area contributed by atoms with Crippen LogP contribution in [0.2, 0.25) is 0 Å². The molecule has 4 rings (SSSR count). The van der Waals surface area contributed by atoms with Gasteiger partial charge in [0.25, 0.3) is 0 Å². The Labute approximate surface area is 266 Å². The number of benzene rings is 3. The lowest BCUT2D eigenvalue weighted by Gasteiger charge is -2.37. The molecule has 0 N–H and O–H groups in total. The van der Waals surface area contributed by atoms with Gasteiger partial charge in [-0.1, -0.05) is 54.6 Å². The zero-order valence-electron chi connectivity index (χ0n) is 25.0. The summed E-state index contributed by atoms with van der Waals surface area (Å²) in [5, 5.41) is 2.13. The highest BCUT2D eigenvalue weighted by molar-refractivity contribution is 7.53. The molecule has 2 unspecified atom stereocenters. The van der Waals surface area contributed by atoms with E-state index in [1.165, 1.54) is 6.66 Å². The summed E-state index contributed by atoms with van der Waals surface area (Å²) in [6.07, 6.45) is 1.74. The van der Waals surface area contributed by atoms with Crippen molar-refractivity contribution in [2.75, 3.05) is 27.5 Å². The molecular formula is C33H32B2ClO7P. The van der Waals surface area contributed by atoms with Crippen LogP contribution in [0.1, 0.15) is 23.1 Å². The molecule has 0 saturated carbocycles. The van der Waals surface area contributed by atoms with Crippen LogP contribution in [0.4, 0.5) is 0 Å². The number of hydrogen-bond acceptors (Lipinski definition) is 7. The minimum Gasteiger partial charge on any atom is -0.497 e. The van der Waals surface area contributed by atoms with Gasteiger partial charge in [0, 0.05) is 35.1 Å². The normalized spacial score (nSPS) is 18.6. The molecule has 1 saturated heterocycles. The lowest BCUT2D eigenvalue weighted by molar-refractivity contribution is -0.0708. The minimum atomic E-state index is -3.60. The molecule has 0 amide bonds. The number of hydrogen-bond donors (Lipinski definition) is 0. The summed E-state index contributed by atoms with van der Waals surface area (Å²) in [5.74, 6) is 11.1. The van der Waals surface area contributed by atoms with Gasteiger partial charge in [-0.05, 0) is 59.0 Å². The Hall–Kier alpha value is -3.73.